The Morgan fingerprint density at radius 2 is 1.50 bits per heavy atom. The molecule has 0 radical (unpaired) electrons. The van der Waals surface area contributed by atoms with Gasteiger partial charge in [0, 0.05) is 33.9 Å². The van der Waals surface area contributed by atoms with Gasteiger partial charge >= 0.3 is 0 Å². The lowest BCUT2D eigenvalue weighted by Gasteiger charge is -2.21. The number of rotatable bonds is 13. The highest BCUT2D eigenvalue weighted by Gasteiger charge is 2.23. The number of sulfonamides is 1. The van der Waals surface area contributed by atoms with Crippen molar-refractivity contribution in [2.45, 2.75) is 11.8 Å². The molecule has 8 heteroatoms. The summed E-state index contributed by atoms with van der Waals surface area (Å²) in [6, 6.07) is 6.36. The van der Waals surface area contributed by atoms with Crippen molar-refractivity contribution in [3.8, 4) is 5.75 Å². The summed E-state index contributed by atoms with van der Waals surface area (Å²) in [5.41, 5.74) is 0. The summed E-state index contributed by atoms with van der Waals surface area (Å²) in [7, 11) is -0.524. The zero-order valence-corrected chi connectivity index (χ0v) is 15.4. The maximum Gasteiger partial charge on any atom is 0.243 e. The van der Waals surface area contributed by atoms with E-state index < -0.39 is 10.0 Å². The Morgan fingerprint density at radius 3 is 2.00 bits per heavy atom. The van der Waals surface area contributed by atoms with Gasteiger partial charge in [0.1, 0.15) is 12.4 Å². The van der Waals surface area contributed by atoms with Crippen molar-refractivity contribution in [1.82, 2.24) is 4.31 Å². The van der Waals surface area contributed by atoms with Gasteiger partial charge in [0.05, 0.1) is 24.7 Å². The number of methoxy groups -OCH3 is 2. The molecule has 0 aliphatic rings. The van der Waals surface area contributed by atoms with Crippen LogP contribution >= 0.6 is 0 Å². The first-order chi connectivity index (χ1) is 11.6. The van der Waals surface area contributed by atoms with Gasteiger partial charge < -0.3 is 18.9 Å². The van der Waals surface area contributed by atoms with Crippen molar-refractivity contribution in [2.75, 3.05) is 60.3 Å². The van der Waals surface area contributed by atoms with Crippen molar-refractivity contribution >= 4 is 10.0 Å². The van der Waals surface area contributed by atoms with Crippen LogP contribution in [0.2, 0.25) is 0 Å². The van der Waals surface area contributed by atoms with E-state index in [1.54, 1.807) is 12.1 Å². The van der Waals surface area contributed by atoms with Crippen LogP contribution in [0.1, 0.15) is 6.92 Å². The lowest BCUT2D eigenvalue weighted by Crippen LogP contribution is -2.36. The smallest absolute Gasteiger partial charge is 0.243 e. The van der Waals surface area contributed by atoms with E-state index in [1.807, 2.05) is 6.92 Å². The minimum atomic E-state index is -3.60. The second kappa shape index (κ2) is 11.4. The van der Waals surface area contributed by atoms with E-state index in [-0.39, 0.29) is 18.0 Å². The highest BCUT2D eigenvalue weighted by molar-refractivity contribution is 7.89. The van der Waals surface area contributed by atoms with Gasteiger partial charge in [-0.15, -0.1) is 0 Å². The van der Waals surface area contributed by atoms with E-state index in [4.69, 9.17) is 18.9 Å². The molecule has 0 spiro atoms. The highest BCUT2D eigenvalue weighted by atomic mass is 32.2. The van der Waals surface area contributed by atoms with E-state index >= 15 is 0 Å². The fourth-order valence-electron chi connectivity index (χ4n) is 1.96. The summed E-state index contributed by atoms with van der Waals surface area (Å²) >= 11 is 0. The molecule has 1 rings (SSSR count). The first-order valence-corrected chi connectivity index (χ1v) is 9.29. The summed E-state index contributed by atoms with van der Waals surface area (Å²) in [4.78, 5) is 0.215. The molecule has 0 heterocycles. The Morgan fingerprint density at radius 1 is 0.917 bits per heavy atom. The van der Waals surface area contributed by atoms with Crippen LogP contribution in [0.4, 0.5) is 0 Å². The molecule has 0 aromatic heterocycles. The van der Waals surface area contributed by atoms with Crippen molar-refractivity contribution in [3.63, 3.8) is 0 Å². The highest BCUT2D eigenvalue weighted by Crippen LogP contribution is 2.19. The molecular weight excluding hydrogens is 334 g/mol. The lowest BCUT2D eigenvalue weighted by molar-refractivity contribution is 0.110. The number of nitrogens with zero attached hydrogens (tertiary/aromatic N) is 1. The Hall–Kier alpha value is -1.19. The molecule has 24 heavy (non-hydrogen) atoms. The van der Waals surface area contributed by atoms with Crippen LogP contribution in [0.15, 0.2) is 29.2 Å². The molecule has 0 amide bonds. The quantitative estimate of drug-likeness (QED) is 0.494. The van der Waals surface area contributed by atoms with E-state index in [9.17, 15) is 8.42 Å². The molecule has 1 aromatic rings. The van der Waals surface area contributed by atoms with Gasteiger partial charge in [0.15, 0.2) is 0 Å². The van der Waals surface area contributed by atoms with Gasteiger partial charge in [-0.1, -0.05) is 0 Å². The predicted octanol–water partition coefficient (Wildman–Crippen LogP) is 1.39. The van der Waals surface area contributed by atoms with Gasteiger partial charge in [-0.25, -0.2) is 8.42 Å². The van der Waals surface area contributed by atoms with Crippen molar-refractivity contribution < 1.29 is 27.4 Å². The molecule has 1 aromatic carbocycles. The lowest BCUT2D eigenvalue weighted by atomic mass is 10.3. The molecule has 0 bridgehead atoms. The van der Waals surface area contributed by atoms with Gasteiger partial charge in [-0.2, -0.15) is 4.31 Å². The Bertz CT molecular complexity index is 538. The molecular formula is C16H27NO6S. The fourth-order valence-corrected chi connectivity index (χ4v) is 3.37. The average Bonchev–Trinajstić information content (AvgIpc) is 2.59. The summed E-state index contributed by atoms with van der Waals surface area (Å²) in [5, 5.41) is 0. The second-order valence-electron chi connectivity index (χ2n) is 4.91. The van der Waals surface area contributed by atoms with Crippen LogP contribution in [0.25, 0.3) is 0 Å². The maximum absolute atomic E-state index is 12.7. The van der Waals surface area contributed by atoms with E-state index in [0.29, 0.717) is 38.8 Å². The predicted molar refractivity (Wildman–Crippen MR) is 90.9 cm³/mol. The van der Waals surface area contributed by atoms with Crippen molar-refractivity contribution in [1.29, 1.82) is 0 Å². The number of hydrogen-bond donors (Lipinski definition) is 0. The van der Waals surface area contributed by atoms with Gasteiger partial charge in [-0.05, 0) is 31.2 Å². The molecule has 0 N–H and O–H groups in total. The first-order valence-electron chi connectivity index (χ1n) is 7.84. The van der Waals surface area contributed by atoms with Gasteiger partial charge in [-0.3, -0.25) is 0 Å². The van der Waals surface area contributed by atoms with Crippen LogP contribution in [0, 0.1) is 0 Å². The minimum Gasteiger partial charge on any atom is -0.491 e. The first kappa shape index (κ1) is 20.9. The zero-order chi connectivity index (χ0) is 17.8. The molecule has 0 atom stereocenters. The molecule has 0 fully saturated rings. The standard InChI is InChI=1S/C16H27NO6S/c1-4-22-13-14-23-15-5-7-16(8-6-15)24(18,19)17(9-11-20-2)10-12-21-3/h5-8H,4,9-14H2,1-3H3. The summed E-state index contributed by atoms with van der Waals surface area (Å²) in [5.74, 6) is 0.606. The molecule has 0 aliphatic heterocycles. The summed E-state index contributed by atoms with van der Waals surface area (Å²) in [6.07, 6.45) is 0. The Kier molecular flexibility index (Phi) is 9.89. The molecule has 0 unspecified atom stereocenters. The van der Waals surface area contributed by atoms with Crippen LogP contribution in [-0.2, 0) is 24.2 Å². The topological polar surface area (TPSA) is 74.3 Å². The van der Waals surface area contributed by atoms with Gasteiger partial charge in [0.25, 0.3) is 0 Å². The molecule has 0 aliphatic carbocycles. The van der Waals surface area contributed by atoms with Crippen LogP contribution in [0.3, 0.4) is 0 Å². The fraction of sp³-hybridized carbons (Fsp3) is 0.625. The van der Waals surface area contributed by atoms with Crippen LogP contribution in [-0.4, -0.2) is 73.1 Å². The van der Waals surface area contributed by atoms with Crippen molar-refractivity contribution in [3.05, 3.63) is 24.3 Å². The molecule has 138 valence electrons. The monoisotopic (exact) mass is 361 g/mol. The molecule has 0 saturated heterocycles. The normalized spacial score (nSPS) is 11.8. The molecule has 0 saturated carbocycles. The third-order valence-electron chi connectivity index (χ3n) is 3.25. The SMILES string of the molecule is CCOCCOc1ccc(S(=O)(=O)N(CCOC)CCOC)cc1. The number of ether oxygens (including phenoxy) is 4. The summed E-state index contributed by atoms with van der Waals surface area (Å²) in [6.45, 7) is 4.66. The van der Waals surface area contributed by atoms with E-state index in [0.717, 1.165) is 0 Å². The van der Waals surface area contributed by atoms with Crippen LogP contribution in [0.5, 0.6) is 5.75 Å². The second-order valence-corrected chi connectivity index (χ2v) is 6.84. The summed E-state index contributed by atoms with van der Waals surface area (Å²) < 4.78 is 47.4. The third kappa shape index (κ3) is 6.74. The van der Waals surface area contributed by atoms with E-state index in [2.05, 4.69) is 0 Å². The average molecular weight is 361 g/mol. The van der Waals surface area contributed by atoms with E-state index in [1.165, 1.54) is 30.7 Å². The Balaban J connectivity index is 2.75. The van der Waals surface area contributed by atoms with Crippen molar-refractivity contribution in [2.24, 2.45) is 0 Å². The number of benzene rings is 1. The zero-order valence-electron chi connectivity index (χ0n) is 14.6. The minimum absolute atomic E-state index is 0.215. The van der Waals surface area contributed by atoms with Gasteiger partial charge in [0.2, 0.25) is 10.0 Å². The Labute approximate surface area is 144 Å². The third-order valence-corrected chi connectivity index (χ3v) is 5.16. The largest absolute Gasteiger partial charge is 0.491 e. The number of hydrogen-bond acceptors (Lipinski definition) is 6. The van der Waals surface area contributed by atoms with Crippen LogP contribution < -0.4 is 4.74 Å². The molecule has 7 nitrogen and oxygen atoms in total. The maximum atomic E-state index is 12.7.